The average molecular weight is 918 g/mol. The van der Waals surface area contributed by atoms with Crippen LogP contribution in [-0.2, 0) is 21.1 Å². The molecule has 7 aromatic carbocycles. The van der Waals surface area contributed by atoms with Crippen molar-refractivity contribution >= 4 is 32.8 Å². The quantitative estimate of drug-likeness (QED) is 0.118. The summed E-state index contributed by atoms with van der Waals surface area (Å²) in [6.45, 7) is -5.49. The Balaban J connectivity index is 0.00000640. The van der Waals surface area contributed by atoms with Gasteiger partial charge in [0, 0.05) is 52.5 Å². The number of hydrogen-bond donors (Lipinski definition) is 0. The number of hydrogen-bond acceptors (Lipinski definition) is 2. The zero-order chi connectivity index (χ0) is 50.6. The first-order valence-electron chi connectivity index (χ1n) is 25.1. The molecule has 0 radical (unpaired) electrons. The van der Waals surface area contributed by atoms with E-state index in [1.54, 1.807) is 62.2 Å². The Morgan fingerprint density at radius 2 is 1.34 bits per heavy atom. The fraction of sp³-hybridized carbons (Fsp3) is 0.0400. The van der Waals surface area contributed by atoms with Gasteiger partial charge >= 0.3 is 0 Å². The summed E-state index contributed by atoms with van der Waals surface area (Å²) >= 11 is 0. The predicted octanol–water partition coefficient (Wildman–Crippen LogP) is 11.5. The predicted molar refractivity (Wildman–Crippen MR) is 220 cm³/mol. The SMILES string of the molecule is [2H]c1c([2H])c([2H])c(-c2cccc(-c3c([2H])c([2H])c([2H])c([2H])c3[2H])c2-[n+]2[c-]n(-c3[c-]c(Oc4[c-]c5c(cc4)c4ccccc4n5-c4cc(C([2H])([2H])[2H])c(C([2H])([2H])[2H])cn4)ccc3)c3ccccc32)c([2H])c1[2H].[Pt]. The second-order valence-electron chi connectivity index (χ2n) is 12.5. The van der Waals surface area contributed by atoms with Gasteiger partial charge in [-0.3, -0.25) is 4.57 Å². The summed E-state index contributed by atoms with van der Waals surface area (Å²) in [5, 5.41) is 1.52. The van der Waals surface area contributed by atoms with Crippen molar-refractivity contribution in [1.29, 1.82) is 0 Å². The Morgan fingerprint density at radius 3 is 2.09 bits per heavy atom. The third-order valence-corrected chi connectivity index (χ3v) is 9.25. The largest absolute Gasteiger partial charge is 0.510 e. The first-order valence-corrected chi connectivity index (χ1v) is 17.1. The third kappa shape index (κ3) is 6.11. The van der Waals surface area contributed by atoms with Gasteiger partial charge in [0.05, 0.1) is 30.4 Å². The molecule has 0 fully saturated rings. The number of rotatable bonds is 7. The van der Waals surface area contributed by atoms with E-state index in [0.717, 1.165) is 17.0 Å². The Bertz CT molecular complexity index is 3720. The van der Waals surface area contributed by atoms with E-state index >= 15 is 0 Å². The van der Waals surface area contributed by atoms with Gasteiger partial charge in [0.25, 0.3) is 6.33 Å². The maximum Gasteiger partial charge on any atom is 0.268 e. The molecule has 272 valence electrons. The number of imidazole rings is 1. The van der Waals surface area contributed by atoms with E-state index in [9.17, 15) is 0 Å². The standard InChI is InChI=1S/C50H34N4O.Pt/c1-34-29-49(51-32-35(34)2)54-45-24-10-9-21-43(45)44-28-27-40(31-48(44)54)55-39-20-13-19-38(30-39)52-33-53(47-26-12-11-25-46(47)52)50-41(36-15-5-3-6-16-36)22-14-23-42(50)37-17-7-4-8-18-37;/h3-29,32H,1-2H3;/q-2;/i1D3,2D3,3D,4D,5D,6D,7D,8D,15D,16D,17D,18D;. The third-order valence-electron chi connectivity index (χ3n) is 9.25. The molecule has 3 heterocycles. The minimum absolute atomic E-state index is 0. The van der Waals surface area contributed by atoms with E-state index in [-0.39, 0.29) is 77.5 Å². The number of pyridine rings is 1. The molecule has 0 saturated carbocycles. The average Bonchev–Trinajstić information content (AvgIpc) is 3.89. The molecule has 0 amide bonds. The molecular formula is C50H34N4OPt-2. The summed E-state index contributed by atoms with van der Waals surface area (Å²) in [4.78, 5) is 4.45. The molecule has 5 nitrogen and oxygen atoms in total. The maximum atomic E-state index is 8.97. The smallest absolute Gasteiger partial charge is 0.268 e. The molecule has 0 aliphatic heterocycles. The molecule has 0 unspecified atom stereocenters. The van der Waals surface area contributed by atoms with Gasteiger partial charge in [-0.05, 0) is 70.3 Å². The van der Waals surface area contributed by atoms with Gasteiger partial charge in [0.1, 0.15) is 5.82 Å². The van der Waals surface area contributed by atoms with Crippen molar-refractivity contribution < 1.29 is 52.3 Å². The van der Waals surface area contributed by atoms with Crippen LogP contribution in [0.3, 0.4) is 0 Å². The molecule has 0 N–H and O–H groups in total. The van der Waals surface area contributed by atoms with Crippen LogP contribution in [0.25, 0.3) is 72.3 Å². The summed E-state index contributed by atoms with van der Waals surface area (Å²) < 4.78 is 146. The fourth-order valence-electron chi connectivity index (χ4n) is 6.84. The van der Waals surface area contributed by atoms with Gasteiger partial charge in [0.2, 0.25) is 0 Å². The molecule has 10 aromatic rings. The number of ether oxygens (including phenoxy) is 1. The summed E-state index contributed by atoms with van der Waals surface area (Å²) in [5.41, 5.74) is 1.71. The molecule has 0 aliphatic carbocycles. The molecular weight excluding hydrogens is 868 g/mol. The van der Waals surface area contributed by atoms with Crippen LogP contribution in [0.15, 0.2) is 170 Å². The topological polar surface area (TPSA) is 35.9 Å². The minimum atomic E-state index is -2.76. The van der Waals surface area contributed by atoms with Crippen LogP contribution < -0.4 is 9.30 Å². The molecule has 0 aliphatic rings. The second kappa shape index (κ2) is 14.6. The van der Waals surface area contributed by atoms with Crippen molar-refractivity contribution in [2.24, 2.45) is 0 Å². The molecule has 0 bridgehead atoms. The maximum absolute atomic E-state index is 8.97. The first kappa shape index (κ1) is 21.5. The zero-order valence-electron chi connectivity index (χ0n) is 44.9. The molecule has 10 rings (SSSR count). The number of benzene rings is 7. The molecule has 0 atom stereocenters. The molecule has 6 heteroatoms. The van der Waals surface area contributed by atoms with Gasteiger partial charge in [-0.15, -0.1) is 29.7 Å². The van der Waals surface area contributed by atoms with Crippen LogP contribution in [0, 0.1) is 32.2 Å². The fourth-order valence-corrected chi connectivity index (χ4v) is 6.84. The van der Waals surface area contributed by atoms with Crippen LogP contribution in [0.2, 0.25) is 0 Å². The Morgan fingerprint density at radius 1 is 0.661 bits per heavy atom. The van der Waals surface area contributed by atoms with Gasteiger partial charge in [0.15, 0.2) is 0 Å². The number of para-hydroxylation sites is 4. The molecule has 0 saturated heterocycles. The summed E-state index contributed by atoms with van der Waals surface area (Å²) in [5.74, 6) is 0.614. The van der Waals surface area contributed by atoms with E-state index in [0.29, 0.717) is 27.8 Å². The number of aromatic nitrogens is 4. The van der Waals surface area contributed by atoms with E-state index in [1.807, 2.05) is 30.3 Å². The van der Waals surface area contributed by atoms with Crippen molar-refractivity contribution in [3.05, 3.63) is 199 Å². The Labute approximate surface area is 362 Å². The van der Waals surface area contributed by atoms with Crippen molar-refractivity contribution in [2.45, 2.75) is 13.7 Å². The molecule has 0 spiro atoms. The van der Waals surface area contributed by atoms with Crippen molar-refractivity contribution in [1.82, 2.24) is 14.1 Å². The normalized spacial score (nSPS) is 15.8. The number of aryl methyl sites for hydroxylation is 2. The molecule has 3 aromatic heterocycles. The van der Waals surface area contributed by atoms with Crippen LogP contribution in [0.1, 0.15) is 33.1 Å². The van der Waals surface area contributed by atoms with Gasteiger partial charge < -0.3 is 13.9 Å². The molecule has 56 heavy (non-hydrogen) atoms. The van der Waals surface area contributed by atoms with E-state index in [2.05, 4.69) is 23.4 Å². The second-order valence-corrected chi connectivity index (χ2v) is 12.5. The van der Waals surface area contributed by atoms with E-state index in [4.69, 9.17) is 26.7 Å². The van der Waals surface area contributed by atoms with Crippen LogP contribution >= 0.6 is 0 Å². The van der Waals surface area contributed by atoms with Crippen LogP contribution in [-0.4, -0.2) is 14.1 Å². The van der Waals surface area contributed by atoms with Gasteiger partial charge in [-0.1, -0.05) is 127 Å². The summed E-state index contributed by atoms with van der Waals surface area (Å²) in [6.07, 6.45) is 4.40. The van der Waals surface area contributed by atoms with Crippen molar-refractivity contribution in [3.63, 3.8) is 0 Å². The van der Waals surface area contributed by atoms with Crippen LogP contribution in [0.5, 0.6) is 11.5 Å². The Kier molecular flexibility index (Phi) is 5.61. The first-order chi connectivity index (χ1) is 33.7. The zero-order valence-corrected chi connectivity index (χ0v) is 31.2. The van der Waals surface area contributed by atoms with E-state index in [1.165, 1.54) is 24.3 Å². The van der Waals surface area contributed by atoms with Crippen molar-refractivity contribution in [2.75, 3.05) is 0 Å². The van der Waals surface area contributed by atoms with Gasteiger partial charge in [-0.2, -0.15) is 18.2 Å². The number of fused-ring (bicyclic) bond motifs is 4. The Hall–Kier alpha value is -6.55. The number of nitrogens with zero attached hydrogens (tertiary/aromatic N) is 4. The van der Waals surface area contributed by atoms with E-state index < -0.39 is 74.1 Å². The summed E-state index contributed by atoms with van der Waals surface area (Å²) in [6, 6.07) is 29.9. The summed E-state index contributed by atoms with van der Waals surface area (Å²) in [7, 11) is 0. The monoisotopic (exact) mass is 917 g/mol. The minimum Gasteiger partial charge on any atom is -0.510 e. The van der Waals surface area contributed by atoms with Crippen molar-refractivity contribution in [3.8, 4) is 50.9 Å². The van der Waals surface area contributed by atoms with Gasteiger partial charge in [-0.25, -0.2) is 4.98 Å². The van der Waals surface area contributed by atoms with Crippen LogP contribution in [0.4, 0.5) is 0 Å².